The Labute approximate surface area is 224 Å². The predicted octanol–water partition coefficient (Wildman–Crippen LogP) is 5.58. The fourth-order valence-corrected chi connectivity index (χ4v) is 4.92. The van der Waals surface area contributed by atoms with Crippen LogP contribution < -0.4 is 14.5 Å². The number of hydrogen-bond donors (Lipinski definition) is 0. The van der Waals surface area contributed by atoms with Gasteiger partial charge < -0.3 is 19.4 Å². The number of rotatable bonds is 7. The van der Waals surface area contributed by atoms with Crippen molar-refractivity contribution in [3.05, 3.63) is 96.2 Å². The van der Waals surface area contributed by atoms with Gasteiger partial charge in [-0.1, -0.05) is 54.6 Å². The van der Waals surface area contributed by atoms with E-state index in [-0.39, 0.29) is 5.91 Å². The zero-order valence-corrected chi connectivity index (χ0v) is 22.2. The van der Waals surface area contributed by atoms with Crippen molar-refractivity contribution in [1.29, 1.82) is 0 Å². The molecule has 2 heterocycles. The quantitative estimate of drug-likeness (QED) is 0.325. The number of benzene rings is 3. The number of carbonyl (C=O) groups is 1. The van der Waals surface area contributed by atoms with Crippen LogP contribution in [-0.2, 0) is 0 Å². The first-order valence-corrected chi connectivity index (χ1v) is 13.0. The van der Waals surface area contributed by atoms with Crippen LogP contribution in [0.25, 0.3) is 11.4 Å². The maximum absolute atomic E-state index is 13.9. The van der Waals surface area contributed by atoms with Gasteiger partial charge in [-0.25, -0.2) is 9.97 Å². The van der Waals surface area contributed by atoms with Gasteiger partial charge in [0.2, 0.25) is 0 Å². The van der Waals surface area contributed by atoms with E-state index in [1.54, 1.807) is 13.3 Å². The second-order valence-electron chi connectivity index (χ2n) is 9.33. The fourth-order valence-electron chi connectivity index (χ4n) is 4.92. The summed E-state index contributed by atoms with van der Waals surface area (Å²) in [6, 6.07) is 26.2. The number of ether oxygens (including phenoxy) is 1. The van der Waals surface area contributed by atoms with E-state index in [1.165, 1.54) is 0 Å². The van der Waals surface area contributed by atoms with E-state index in [1.807, 2.05) is 59.5 Å². The number of anilines is 3. The standard InChI is InChI=1S/C31H33N5O2/c1-4-36(25-14-10-11-23(2)21-25)30-26(22-32-29(33-30)24-12-6-5-7-13-24)31(37)35-19-17-34(18-20-35)27-15-8-9-16-28(27)38-3/h5-16,21-22H,4,17-20H2,1-3H3. The second-order valence-corrected chi connectivity index (χ2v) is 9.33. The minimum atomic E-state index is -0.0506. The summed E-state index contributed by atoms with van der Waals surface area (Å²) in [4.78, 5) is 29.8. The van der Waals surface area contributed by atoms with Crippen LogP contribution in [0.4, 0.5) is 17.2 Å². The van der Waals surface area contributed by atoms with Crippen molar-refractivity contribution in [2.45, 2.75) is 13.8 Å². The summed E-state index contributed by atoms with van der Waals surface area (Å²) >= 11 is 0. The van der Waals surface area contributed by atoms with Crippen LogP contribution in [0.3, 0.4) is 0 Å². The molecule has 0 saturated carbocycles. The Hall–Kier alpha value is -4.39. The lowest BCUT2D eigenvalue weighted by molar-refractivity contribution is 0.0746. The van der Waals surface area contributed by atoms with E-state index < -0.39 is 0 Å². The third kappa shape index (κ3) is 5.18. The lowest BCUT2D eigenvalue weighted by Gasteiger charge is -2.37. The summed E-state index contributed by atoms with van der Waals surface area (Å²) in [7, 11) is 1.69. The first-order valence-electron chi connectivity index (χ1n) is 13.0. The van der Waals surface area contributed by atoms with Gasteiger partial charge in [-0.3, -0.25) is 4.79 Å². The lowest BCUT2D eigenvalue weighted by atomic mass is 10.1. The summed E-state index contributed by atoms with van der Waals surface area (Å²) < 4.78 is 5.55. The Morgan fingerprint density at radius 3 is 2.39 bits per heavy atom. The van der Waals surface area contributed by atoms with Crippen molar-refractivity contribution in [3.63, 3.8) is 0 Å². The van der Waals surface area contributed by atoms with Gasteiger partial charge in [0.1, 0.15) is 17.1 Å². The highest BCUT2D eigenvalue weighted by molar-refractivity contribution is 6.00. The molecule has 3 aromatic carbocycles. The molecule has 0 radical (unpaired) electrons. The van der Waals surface area contributed by atoms with Crippen LogP contribution in [0.2, 0.25) is 0 Å². The van der Waals surface area contributed by atoms with Crippen LogP contribution in [-0.4, -0.2) is 60.6 Å². The van der Waals surface area contributed by atoms with Crippen LogP contribution in [0, 0.1) is 6.92 Å². The van der Waals surface area contributed by atoms with Crippen LogP contribution in [0.15, 0.2) is 85.1 Å². The van der Waals surface area contributed by atoms with Gasteiger partial charge in [-0.2, -0.15) is 0 Å². The normalized spacial score (nSPS) is 13.3. The molecule has 1 amide bonds. The first-order chi connectivity index (χ1) is 18.6. The number of hydrogen-bond acceptors (Lipinski definition) is 6. The molecule has 1 aromatic heterocycles. The molecule has 5 rings (SSSR count). The Morgan fingerprint density at radius 1 is 0.947 bits per heavy atom. The highest BCUT2D eigenvalue weighted by atomic mass is 16.5. The van der Waals surface area contributed by atoms with Crippen LogP contribution in [0.1, 0.15) is 22.8 Å². The van der Waals surface area contributed by atoms with Gasteiger partial charge in [-0.05, 0) is 43.7 Å². The molecule has 7 heteroatoms. The monoisotopic (exact) mass is 507 g/mol. The molecule has 0 bridgehead atoms. The van der Waals surface area contributed by atoms with Gasteiger partial charge in [-0.15, -0.1) is 0 Å². The average molecular weight is 508 g/mol. The van der Waals surface area contributed by atoms with E-state index >= 15 is 0 Å². The molecule has 0 spiro atoms. The fraction of sp³-hybridized carbons (Fsp3) is 0.258. The Balaban J connectivity index is 1.46. The van der Waals surface area contributed by atoms with Gasteiger partial charge in [0.05, 0.1) is 12.8 Å². The number of aryl methyl sites for hydroxylation is 1. The summed E-state index contributed by atoms with van der Waals surface area (Å²) in [6.45, 7) is 7.46. The molecule has 38 heavy (non-hydrogen) atoms. The number of carbonyl (C=O) groups excluding carboxylic acids is 1. The molecular weight excluding hydrogens is 474 g/mol. The first kappa shape index (κ1) is 25.3. The van der Waals surface area contributed by atoms with Crippen molar-refractivity contribution < 1.29 is 9.53 Å². The zero-order valence-electron chi connectivity index (χ0n) is 22.2. The number of piperazine rings is 1. The Kier molecular flexibility index (Phi) is 7.54. The minimum Gasteiger partial charge on any atom is -0.495 e. The largest absolute Gasteiger partial charge is 0.495 e. The third-order valence-corrected chi connectivity index (χ3v) is 6.91. The second kappa shape index (κ2) is 11.3. The minimum absolute atomic E-state index is 0.0506. The van der Waals surface area contributed by atoms with Crippen LogP contribution >= 0.6 is 0 Å². The van der Waals surface area contributed by atoms with E-state index in [0.717, 1.165) is 41.3 Å². The summed E-state index contributed by atoms with van der Waals surface area (Å²) in [5.74, 6) is 2.02. The van der Waals surface area contributed by atoms with Gasteiger partial charge in [0, 0.05) is 50.2 Å². The van der Waals surface area contributed by atoms with Crippen molar-refractivity contribution in [2.24, 2.45) is 0 Å². The van der Waals surface area contributed by atoms with E-state index in [9.17, 15) is 4.79 Å². The van der Waals surface area contributed by atoms with E-state index in [2.05, 4.69) is 52.9 Å². The number of amides is 1. The van der Waals surface area contributed by atoms with E-state index in [4.69, 9.17) is 9.72 Å². The molecule has 1 aliphatic rings. The Bertz CT molecular complexity index is 1400. The molecule has 194 valence electrons. The molecular formula is C31H33N5O2. The zero-order chi connectivity index (χ0) is 26.5. The van der Waals surface area contributed by atoms with Gasteiger partial charge >= 0.3 is 0 Å². The summed E-state index contributed by atoms with van der Waals surface area (Å²) in [5.41, 5.74) is 4.63. The molecule has 1 saturated heterocycles. The number of para-hydroxylation sites is 2. The highest BCUT2D eigenvalue weighted by Gasteiger charge is 2.28. The number of aromatic nitrogens is 2. The van der Waals surface area contributed by atoms with Crippen molar-refractivity contribution in [2.75, 3.05) is 49.6 Å². The van der Waals surface area contributed by atoms with Crippen molar-refractivity contribution in [1.82, 2.24) is 14.9 Å². The summed E-state index contributed by atoms with van der Waals surface area (Å²) in [6.07, 6.45) is 1.69. The molecule has 1 fully saturated rings. The van der Waals surface area contributed by atoms with Crippen molar-refractivity contribution >= 4 is 23.1 Å². The number of methoxy groups -OCH3 is 1. The Morgan fingerprint density at radius 2 is 1.68 bits per heavy atom. The topological polar surface area (TPSA) is 61.8 Å². The molecule has 7 nitrogen and oxygen atoms in total. The van der Waals surface area contributed by atoms with E-state index in [0.29, 0.717) is 36.8 Å². The van der Waals surface area contributed by atoms with Gasteiger partial charge in [0.25, 0.3) is 5.91 Å². The average Bonchev–Trinajstić information content (AvgIpc) is 2.98. The molecule has 1 aliphatic heterocycles. The van der Waals surface area contributed by atoms with Gasteiger partial charge in [0.15, 0.2) is 5.82 Å². The van der Waals surface area contributed by atoms with Crippen LogP contribution in [0.5, 0.6) is 5.75 Å². The molecule has 0 unspecified atom stereocenters. The molecule has 0 atom stereocenters. The summed E-state index contributed by atoms with van der Waals surface area (Å²) in [5, 5.41) is 0. The smallest absolute Gasteiger partial charge is 0.259 e. The predicted molar refractivity (Wildman–Crippen MR) is 152 cm³/mol. The highest BCUT2D eigenvalue weighted by Crippen LogP contribution is 2.32. The molecule has 4 aromatic rings. The SMILES string of the molecule is CCN(c1cccc(C)c1)c1nc(-c2ccccc2)ncc1C(=O)N1CCN(c2ccccc2OC)CC1. The maximum Gasteiger partial charge on any atom is 0.259 e. The molecule has 0 aliphatic carbocycles. The maximum atomic E-state index is 13.9. The number of nitrogens with zero attached hydrogens (tertiary/aromatic N) is 5. The lowest BCUT2D eigenvalue weighted by Crippen LogP contribution is -2.49. The van der Waals surface area contributed by atoms with Crippen molar-refractivity contribution in [3.8, 4) is 17.1 Å². The third-order valence-electron chi connectivity index (χ3n) is 6.91. The molecule has 0 N–H and O–H groups in total.